The van der Waals surface area contributed by atoms with Crippen LogP contribution in [0.15, 0.2) is 53.7 Å². The summed E-state index contributed by atoms with van der Waals surface area (Å²) in [7, 11) is 0. The van der Waals surface area contributed by atoms with Crippen LogP contribution >= 0.6 is 0 Å². The highest BCUT2D eigenvalue weighted by Crippen LogP contribution is 2.17. The lowest BCUT2D eigenvalue weighted by atomic mass is 10.1. The Morgan fingerprint density at radius 3 is 2.68 bits per heavy atom. The maximum atomic E-state index is 4.68. The summed E-state index contributed by atoms with van der Waals surface area (Å²) in [6, 6.07) is 9.99. The van der Waals surface area contributed by atoms with E-state index in [0.29, 0.717) is 0 Å². The van der Waals surface area contributed by atoms with Gasteiger partial charge in [-0.2, -0.15) is 0 Å². The van der Waals surface area contributed by atoms with Crippen LogP contribution in [0.4, 0.5) is 0 Å². The van der Waals surface area contributed by atoms with Gasteiger partial charge in [-0.25, -0.2) is 4.98 Å². The van der Waals surface area contributed by atoms with Gasteiger partial charge in [-0.1, -0.05) is 12.1 Å². The number of nitrogens with zero attached hydrogens (tertiary/aromatic N) is 3. The van der Waals surface area contributed by atoms with Crippen LogP contribution in [-0.2, 0) is 0 Å². The Hall–Kier alpha value is -2.29. The molecule has 3 heteroatoms. The van der Waals surface area contributed by atoms with Gasteiger partial charge in [0.05, 0.1) is 22.8 Å². The minimum Gasteiger partial charge on any atom is -0.283 e. The number of dihydropyridines is 1. The van der Waals surface area contributed by atoms with Crippen molar-refractivity contribution in [1.82, 2.24) is 9.97 Å². The van der Waals surface area contributed by atoms with Crippen molar-refractivity contribution < 1.29 is 0 Å². The molecule has 19 heavy (non-hydrogen) atoms. The Labute approximate surface area is 112 Å². The second-order valence-corrected chi connectivity index (χ2v) is 4.59. The highest BCUT2D eigenvalue weighted by Gasteiger charge is 2.08. The molecule has 0 saturated heterocycles. The molecule has 3 nitrogen and oxygen atoms in total. The molecule has 0 amide bonds. The van der Waals surface area contributed by atoms with E-state index in [4.69, 9.17) is 0 Å². The van der Waals surface area contributed by atoms with E-state index in [9.17, 15) is 0 Å². The number of hydrogen-bond acceptors (Lipinski definition) is 3. The molecule has 2 aromatic rings. The van der Waals surface area contributed by atoms with Gasteiger partial charge in [-0.3, -0.25) is 9.98 Å². The Morgan fingerprint density at radius 2 is 1.95 bits per heavy atom. The predicted octanol–water partition coefficient (Wildman–Crippen LogP) is 3.20. The summed E-state index contributed by atoms with van der Waals surface area (Å²) >= 11 is 0. The van der Waals surface area contributed by atoms with Gasteiger partial charge in [-0.15, -0.1) is 0 Å². The molecule has 0 radical (unpaired) electrons. The smallest absolute Gasteiger partial charge is 0.0896 e. The number of aromatic nitrogens is 2. The van der Waals surface area contributed by atoms with Crippen molar-refractivity contribution in [2.75, 3.05) is 6.54 Å². The molecule has 1 aliphatic rings. The molecule has 1 aliphatic heterocycles. The quantitative estimate of drug-likeness (QED) is 0.819. The van der Waals surface area contributed by atoms with Gasteiger partial charge in [-0.05, 0) is 49.2 Å². The summed E-state index contributed by atoms with van der Waals surface area (Å²) in [5, 5.41) is 0. The SMILES string of the molecule is Cc1cc(C2=NCCC=C2)nc(-c2ccccn2)c1. The van der Waals surface area contributed by atoms with E-state index in [1.165, 1.54) is 5.56 Å². The van der Waals surface area contributed by atoms with E-state index < -0.39 is 0 Å². The molecule has 0 bridgehead atoms. The maximum Gasteiger partial charge on any atom is 0.0896 e. The van der Waals surface area contributed by atoms with Crippen molar-refractivity contribution in [3.8, 4) is 11.4 Å². The Kier molecular flexibility index (Phi) is 3.19. The Balaban J connectivity index is 2.06. The van der Waals surface area contributed by atoms with Crippen molar-refractivity contribution in [1.29, 1.82) is 0 Å². The summed E-state index contributed by atoms with van der Waals surface area (Å²) < 4.78 is 0. The highest BCUT2D eigenvalue weighted by molar-refractivity contribution is 6.08. The predicted molar refractivity (Wildman–Crippen MR) is 77.4 cm³/mol. The third-order valence-corrected chi connectivity index (χ3v) is 3.01. The zero-order valence-corrected chi connectivity index (χ0v) is 10.9. The van der Waals surface area contributed by atoms with Crippen LogP contribution in [0.1, 0.15) is 17.7 Å². The molecule has 3 heterocycles. The lowest BCUT2D eigenvalue weighted by Crippen LogP contribution is -2.06. The van der Waals surface area contributed by atoms with E-state index >= 15 is 0 Å². The van der Waals surface area contributed by atoms with Crippen LogP contribution in [0.2, 0.25) is 0 Å². The fourth-order valence-electron chi connectivity index (χ4n) is 2.12. The van der Waals surface area contributed by atoms with Crippen LogP contribution < -0.4 is 0 Å². The molecule has 0 fully saturated rings. The second-order valence-electron chi connectivity index (χ2n) is 4.59. The maximum absolute atomic E-state index is 4.68. The zero-order valence-electron chi connectivity index (χ0n) is 10.9. The third kappa shape index (κ3) is 2.60. The van der Waals surface area contributed by atoms with Gasteiger partial charge in [0, 0.05) is 12.7 Å². The van der Waals surface area contributed by atoms with E-state index in [2.05, 4.69) is 40.1 Å². The van der Waals surface area contributed by atoms with Crippen molar-refractivity contribution in [3.63, 3.8) is 0 Å². The number of allylic oxidation sites excluding steroid dienone is 1. The lowest BCUT2D eigenvalue weighted by molar-refractivity contribution is 0.990. The van der Waals surface area contributed by atoms with Crippen molar-refractivity contribution >= 4 is 5.71 Å². The van der Waals surface area contributed by atoms with E-state index in [-0.39, 0.29) is 0 Å². The normalized spacial score (nSPS) is 14.3. The van der Waals surface area contributed by atoms with Gasteiger partial charge in [0.15, 0.2) is 0 Å². The van der Waals surface area contributed by atoms with Crippen molar-refractivity contribution in [2.24, 2.45) is 4.99 Å². The molecular formula is C16H15N3. The molecule has 0 saturated carbocycles. The highest BCUT2D eigenvalue weighted by atomic mass is 14.8. The van der Waals surface area contributed by atoms with Crippen LogP contribution in [0, 0.1) is 6.92 Å². The number of hydrogen-bond donors (Lipinski definition) is 0. The monoisotopic (exact) mass is 249 g/mol. The minimum absolute atomic E-state index is 0.848. The van der Waals surface area contributed by atoms with Gasteiger partial charge in [0.2, 0.25) is 0 Å². The fraction of sp³-hybridized carbons (Fsp3) is 0.188. The Morgan fingerprint density at radius 1 is 1.05 bits per heavy atom. The fourth-order valence-corrected chi connectivity index (χ4v) is 2.12. The zero-order chi connectivity index (χ0) is 13.1. The standard InChI is InChI=1S/C16H15N3/c1-12-10-15(13-6-2-4-8-17-13)19-16(11-12)14-7-3-5-9-18-14/h2-4,6-8,10-11H,5,9H2,1H3. The summed E-state index contributed by atoms with van der Waals surface area (Å²) in [6.07, 6.45) is 7.00. The topological polar surface area (TPSA) is 38.1 Å². The molecule has 0 aliphatic carbocycles. The van der Waals surface area contributed by atoms with Gasteiger partial charge in [0.1, 0.15) is 0 Å². The molecule has 3 rings (SSSR count). The lowest BCUT2D eigenvalue weighted by Gasteiger charge is -2.09. The number of aliphatic imine (C=N–C) groups is 1. The van der Waals surface area contributed by atoms with E-state index in [0.717, 1.165) is 35.8 Å². The first-order valence-electron chi connectivity index (χ1n) is 6.44. The Bertz CT molecular complexity index is 642. The summed E-state index contributed by atoms with van der Waals surface area (Å²) in [6.45, 7) is 2.92. The summed E-state index contributed by atoms with van der Waals surface area (Å²) in [4.78, 5) is 13.6. The molecular weight excluding hydrogens is 234 g/mol. The molecule has 0 unspecified atom stereocenters. The molecule has 2 aromatic heterocycles. The van der Waals surface area contributed by atoms with Gasteiger partial charge in [0.25, 0.3) is 0 Å². The number of pyridine rings is 2. The minimum atomic E-state index is 0.848. The van der Waals surface area contributed by atoms with Crippen molar-refractivity contribution in [3.05, 3.63) is 59.9 Å². The van der Waals surface area contributed by atoms with Crippen molar-refractivity contribution in [2.45, 2.75) is 13.3 Å². The second kappa shape index (κ2) is 5.14. The first kappa shape index (κ1) is 11.8. The first-order chi connectivity index (χ1) is 9.33. The van der Waals surface area contributed by atoms with E-state index in [1.54, 1.807) is 6.20 Å². The summed E-state index contributed by atoms with van der Waals surface area (Å²) in [5.41, 5.74) is 4.86. The largest absolute Gasteiger partial charge is 0.283 e. The average Bonchev–Trinajstić information content (AvgIpc) is 2.48. The number of aryl methyl sites for hydroxylation is 1. The van der Waals surface area contributed by atoms with E-state index in [1.807, 2.05) is 24.3 Å². The average molecular weight is 249 g/mol. The van der Waals surface area contributed by atoms with Gasteiger partial charge >= 0.3 is 0 Å². The van der Waals surface area contributed by atoms with Gasteiger partial charge < -0.3 is 0 Å². The molecule has 0 N–H and O–H groups in total. The third-order valence-electron chi connectivity index (χ3n) is 3.01. The molecule has 0 aromatic carbocycles. The van der Waals surface area contributed by atoms with Crippen LogP contribution in [0.5, 0.6) is 0 Å². The van der Waals surface area contributed by atoms with Crippen LogP contribution in [-0.4, -0.2) is 22.2 Å². The van der Waals surface area contributed by atoms with Crippen LogP contribution in [0.3, 0.4) is 0 Å². The first-order valence-corrected chi connectivity index (χ1v) is 6.44. The van der Waals surface area contributed by atoms with Crippen LogP contribution in [0.25, 0.3) is 11.4 Å². The molecule has 0 atom stereocenters. The molecule has 94 valence electrons. The number of rotatable bonds is 2. The molecule has 0 spiro atoms. The summed E-state index contributed by atoms with van der Waals surface area (Å²) in [5.74, 6) is 0.